The van der Waals surface area contributed by atoms with Crippen molar-refractivity contribution < 1.29 is 40.3 Å². The SMILES string of the molecule is O=Cc1cccc(F)c1OCc1cc(C(F)(F)F)ccc1C(F)(F)F. The molecule has 0 fully saturated rings. The summed E-state index contributed by atoms with van der Waals surface area (Å²) in [6, 6.07) is 4.10. The van der Waals surface area contributed by atoms with Gasteiger partial charge in [-0.25, -0.2) is 4.39 Å². The minimum Gasteiger partial charge on any atom is -0.485 e. The van der Waals surface area contributed by atoms with E-state index in [4.69, 9.17) is 4.74 Å². The van der Waals surface area contributed by atoms with Crippen LogP contribution in [0.3, 0.4) is 0 Å². The van der Waals surface area contributed by atoms with Gasteiger partial charge >= 0.3 is 12.4 Å². The predicted molar refractivity (Wildman–Crippen MR) is 72.6 cm³/mol. The van der Waals surface area contributed by atoms with Gasteiger partial charge in [0.2, 0.25) is 0 Å². The second-order valence-corrected chi connectivity index (χ2v) is 4.93. The van der Waals surface area contributed by atoms with Crippen LogP contribution in [0.2, 0.25) is 0 Å². The standard InChI is InChI=1S/C16H9F7O2/c17-13-3-1-2-9(7-24)14(13)25-8-10-6-11(15(18,19)20)4-5-12(10)16(21,22)23/h1-7H,8H2. The molecular weight excluding hydrogens is 357 g/mol. The Balaban J connectivity index is 2.42. The highest BCUT2D eigenvalue weighted by Crippen LogP contribution is 2.37. The number of para-hydroxylation sites is 1. The average Bonchev–Trinajstić information content (AvgIpc) is 2.51. The highest BCUT2D eigenvalue weighted by molar-refractivity contribution is 5.79. The van der Waals surface area contributed by atoms with Crippen molar-refractivity contribution in [2.45, 2.75) is 19.0 Å². The Morgan fingerprint density at radius 1 is 0.960 bits per heavy atom. The fraction of sp³-hybridized carbons (Fsp3) is 0.188. The summed E-state index contributed by atoms with van der Waals surface area (Å²) in [7, 11) is 0. The highest BCUT2D eigenvalue weighted by atomic mass is 19.4. The number of ether oxygens (including phenoxy) is 1. The normalized spacial score (nSPS) is 12.1. The third-order valence-electron chi connectivity index (χ3n) is 3.23. The molecule has 0 radical (unpaired) electrons. The lowest BCUT2D eigenvalue weighted by atomic mass is 10.0. The molecular formula is C16H9F7O2. The van der Waals surface area contributed by atoms with Crippen LogP contribution in [0.4, 0.5) is 30.7 Å². The molecule has 0 atom stereocenters. The van der Waals surface area contributed by atoms with Gasteiger partial charge in [0.25, 0.3) is 0 Å². The van der Waals surface area contributed by atoms with Gasteiger partial charge in [-0.2, -0.15) is 26.3 Å². The molecule has 2 aromatic carbocycles. The number of carbonyl (C=O) groups excluding carboxylic acids is 1. The lowest BCUT2D eigenvalue weighted by Crippen LogP contribution is -2.14. The Bertz CT molecular complexity index is 779. The number of alkyl halides is 6. The van der Waals surface area contributed by atoms with Crippen LogP contribution >= 0.6 is 0 Å². The van der Waals surface area contributed by atoms with E-state index >= 15 is 0 Å². The molecule has 0 spiro atoms. The molecule has 0 heterocycles. The van der Waals surface area contributed by atoms with Gasteiger partial charge in [-0.1, -0.05) is 6.07 Å². The molecule has 0 aliphatic rings. The van der Waals surface area contributed by atoms with Crippen molar-refractivity contribution in [1.29, 1.82) is 0 Å². The topological polar surface area (TPSA) is 26.3 Å². The summed E-state index contributed by atoms with van der Waals surface area (Å²) < 4.78 is 95.6. The van der Waals surface area contributed by atoms with Crippen molar-refractivity contribution in [2.75, 3.05) is 0 Å². The summed E-state index contributed by atoms with van der Waals surface area (Å²) in [5.74, 6) is -1.66. The number of aldehydes is 1. The van der Waals surface area contributed by atoms with Gasteiger partial charge in [-0.15, -0.1) is 0 Å². The molecule has 25 heavy (non-hydrogen) atoms. The van der Waals surface area contributed by atoms with E-state index in [1.54, 1.807) is 0 Å². The van der Waals surface area contributed by atoms with Crippen molar-refractivity contribution in [3.05, 3.63) is 64.5 Å². The average molecular weight is 366 g/mol. The van der Waals surface area contributed by atoms with E-state index in [1.165, 1.54) is 6.07 Å². The lowest BCUT2D eigenvalue weighted by molar-refractivity contribution is -0.142. The first kappa shape index (κ1) is 18.8. The minimum atomic E-state index is -4.93. The number of rotatable bonds is 4. The first-order valence-corrected chi connectivity index (χ1v) is 6.68. The maximum atomic E-state index is 13.7. The zero-order valence-electron chi connectivity index (χ0n) is 12.2. The quantitative estimate of drug-likeness (QED) is 0.545. The number of hydrogen-bond donors (Lipinski definition) is 0. The van der Waals surface area contributed by atoms with Crippen molar-refractivity contribution in [1.82, 2.24) is 0 Å². The zero-order chi connectivity index (χ0) is 18.8. The van der Waals surface area contributed by atoms with Crippen molar-refractivity contribution in [3.8, 4) is 5.75 Å². The molecule has 0 N–H and O–H groups in total. The third-order valence-corrected chi connectivity index (χ3v) is 3.23. The van der Waals surface area contributed by atoms with Crippen molar-refractivity contribution in [3.63, 3.8) is 0 Å². The van der Waals surface area contributed by atoms with E-state index in [0.29, 0.717) is 6.07 Å². The maximum Gasteiger partial charge on any atom is 0.416 e. The number of carbonyl (C=O) groups is 1. The molecule has 0 unspecified atom stereocenters. The van der Waals surface area contributed by atoms with Gasteiger partial charge in [0.05, 0.1) is 16.7 Å². The van der Waals surface area contributed by atoms with Crippen LogP contribution in [-0.2, 0) is 19.0 Å². The fourth-order valence-electron chi connectivity index (χ4n) is 2.09. The first-order chi connectivity index (χ1) is 11.5. The second kappa shape index (κ2) is 6.73. The molecule has 0 aromatic heterocycles. The number of halogens is 7. The third kappa shape index (κ3) is 4.28. The second-order valence-electron chi connectivity index (χ2n) is 4.93. The molecule has 0 bridgehead atoms. The number of benzene rings is 2. The van der Waals surface area contributed by atoms with Crippen LogP contribution in [-0.4, -0.2) is 6.29 Å². The van der Waals surface area contributed by atoms with E-state index in [9.17, 15) is 35.5 Å². The Kier molecular flexibility index (Phi) is 5.05. The smallest absolute Gasteiger partial charge is 0.416 e. The van der Waals surface area contributed by atoms with E-state index in [0.717, 1.165) is 12.1 Å². The minimum absolute atomic E-state index is 0.217. The summed E-state index contributed by atoms with van der Waals surface area (Å²) in [5, 5.41) is 0. The summed E-state index contributed by atoms with van der Waals surface area (Å²) in [5.41, 5.74) is -3.75. The van der Waals surface area contributed by atoms with Crippen LogP contribution in [0.5, 0.6) is 5.75 Å². The van der Waals surface area contributed by atoms with Crippen LogP contribution in [0, 0.1) is 5.82 Å². The molecule has 9 heteroatoms. The Hall–Kier alpha value is -2.58. The van der Waals surface area contributed by atoms with Crippen LogP contribution < -0.4 is 4.74 Å². The molecule has 134 valence electrons. The van der Waals surface area contributed by atoms with Crippen molar-refractivity contribution >= 4 is 6.29 Å². The molecule has 0 saturated carbocycles. The monoisotopic (exact) mass is 366 g/mol. The van der Waals surface area contributed by atoms with Gasteiger partial charge in [-0.05, 0) is 30.3 Å². The Morgan fingerprint density at radius 2 is 1.64 bits per heavy atom. The van der Waals surface area contributed by atoms with Gasteiger partial charge in [-0.3, -0.25) is 4.79 Å². The van der Waals surface area contributed by atoms with Gasteiger partial charge in [0.15, 0.2) is 17.9 Å². The molecule has 0 amide bonds. The largest absolute Gasteiger partial charge is 0.485 e. The molecule has 2 aromatic rings. The zero-order valence-corrected chi connectivity index (χ0v) is 12.2. The maximum absolute atomic E-state index is 13.7. The summed E-state index contributed by atoms with van der Waals surface area (Å²) >= 11 is 0. The molecule has 0 saturated heterocycles. The van der Waals surface area contributed by atoms with Gasteiger partial charge < -0.3 is 4.74 Å². The van der Waals surface area contributed by atoms with Crippen molar-refractivity contribution in [2.24, 2.45) is 0 Å². The number of hydrogen-bond acceptors (Lipinski definition) is 2. The molecule has 0 aliphatic carbocycles. The Labute approximate surface area is 136 Å². The van der Waals surface area contributed by atoms with E-state index in [1.807, 2.05) is 0 Å². The molecule has 2 nitrogen and oxygen atoms in total. The summed E-state index contributed by atoms with van der Waals surface area (Å²) in [6.45, 7) is -0.999. The van der Waals surface area contributed by atoms with Gasteiger partial charge in [0, 0.05) is 5.56 Å². The lowest BCUT2D eigenvalue weighted by Gasteiger charge is -2.17. The van der Waals surface area contributed by atoms with E-state index in [-0.39, 0.29) is 24.0 Å². The van der Waals surface area contributed by atoms with Crippen LogP contribution in [0.15, 0.2) is 36.4 Å². The molecule has 0 aliphatic heterocycles. The fourth-order valence-corrected chi connectivity index (χ4v) is 2.09. The van der Waals surface area contributed by atoms with Gasteiger partial charge in [0.1, 0.15) is 6.61 Å². The highest BCUT2D eigenvalue weighted by Gasteiger charge is 2.37. The summed E-state index contributed by atoms with van der Waals surface area (Å²) in [4.78, 5) is 10.8. The summed E-state index contributed by atoms with van der Waals surface area (Å²) in [6.07, 6.45) is -9.56. The first-order valence-electron chi connectivity index (χ1n) is 6.68. The van der Waals surface area contributed by atoms with Crippen LogP contribution in [0.1, 0.15) is 27.0 Å². The van der Waals surface area contributed by atoms with E-state index < -0.39 is 47.2 Å². The van der Waals surface area contributed by atoms with Crippen LogP contribution in [0.25, 0.3) is 0 Å². The Morgan fingerprint density at radius 3 is 2.20 bits per heavy atom. The predicted octanol–water partition coefficient (Wildman–Crippen LogP) is 5.25. The molecule has 2 rings (SSSR count). The van der Waals surface area contributed by atoms with E-state index in [2.05, 4.69) is 0 Å².